The van der Waals surface area contributed by atoms with Crippen molar-refractivity contribution in [3.05, 3.63) is 88.9 Å². The number of nitrogens with one attached hydrogen (secondary N) is 1. The van der Waals surface area contributed by atoms with E-state index in [1.165, 1.54) is 9.25 Å². The van der Waals surface area contributed by atoms with Crippen LogP contribution in [0.4, 0.5) is 0 Å². The molecule has 1 atom stereocenters. The molecule has 0 fully saturated rings. The number of aromatic nitrogens is 5. The van der Waals surface area contributed by atoms with Gasteiger partial charge in [0.05, 0.1) is 18.4 Å². The molecule has 136 valence electrons. The molecule has 7 heteroatoms. The standard InChI is InChI=1S/C20H19N5O2/c1-14(26)19-23-25(20(27)24(19)13-15-5-3-2-4-6-15)18-9-7-16(8-10-18)17-11-21-22-12-17/h2-12,14,26H,13H2,1H3,(H,21,22). The van der Waals surface area contributed by atoms with E-state index < -0.39 is 6.10 Å². The summed E-state index contributed by atoms with van der Waals surface area (Å²) in [5, 5.41) is 21.2. The van der Waals surface area contributed by atoms with Crippen LogP contribution >= 0.6 is 0 Å². The van der Waals surface area contributed by atoms with Crippen molar-refractivity contribution in [1.29, 1.82) is 0 Å². The summed E-state index contributed by atoms with van der Waals surface area (Å²) in [5.41, 5.74) is 3.27. The number of hydrogen-bond donors (Lipinski definition) is 2. The fourth-order valence-electron chi connectivity index (χ4n) is 3.01. The molecule has 0 spiro atoms. The first kappa shape index (κ1) is 17.0. The lowest BCUT2D eigenvalue weighted by molar-refractivity contribution is 0.183. The number of aliphatic hydroxyl groups excluding tert-OH is 1. The molecule has 2 N–H and O–H groups in total. The molecule has 0 bridgehead atoms. The SMILES string of the molecule is CC(O)c1nn(-c2ccc(-c3cn[nH]c3)cc2)c(=O)n1Cc1ccccc1. The molecule has 0 saturated carbocycles. The van der Waals surface area contributed by atoms with E-state index >= 15 is 0 Å². The minimum Gasteiger partial charge on any atom is -0.385 e. The molecule has 0 radical (unpaired) electrons. The van der Waals surface area contributed by atoms with Gasteiger partial charge in [-0.3, -0.25) is 9.67 Å². The van der Waals surface area contributed by atoms with Crippen LogP contribution < -0.4 is 5.69 Å². The molecule has 0 saturated heterocycles. The maximum atomic E-state index is 12.9. The number of benzene rings is 2. The van der Waals surface area contributed by atoms with Gasteiger partial charge in [0.2, 0.25) is 0 Å². The zero-order valence-electron chi connectivity index (χ0n) is 14.8. The van der Waals surface area contributed by atoms with Crippen LogP contribution in [0, 0.1) is 0 Å². The quantitative estimate of drug-likeness (QED) is 0.572. The summed E-state index contributed by atoms with van der Waals surface area (Å²) >= 11 is 0. The smallest absolute Gasteiger partial charge is 0.351 e. The Morgan fingerprint density at radius 1 is 1.07 bits per heavy atom. The van der Waals surface area contributed by atoms with Gasteiger partial charge in [-0.05, 0) is 30.2 Å². The number of rotatable bonds is 5. The second kappa shape index (κ2) is 7.05. The van der Waals surface area contributed by atoms with E-state index in [0.717, 1.165) is 16.7 Å². The fourth-order valence-corrected chi connectivity index (χ4v) is 3.01. The highest BCUT2D eigenvalue weighted by Gasteiger charge is 2.18. The lowest BCUT2D eigenvalue weighted by Crippen LogP contribution is -2.25. The van der Waals surface area contributed by atoms with Gasteiger partial charge in [0, 0.05) is 11.8 Å². The molecular formula is C20H19N5O2. The molecule has 4 aromatic rings. The summed E-state index contributed by atoms with van der Waals surface area (Å²) in [5.74, 6) is 0.336. The minimum absolute atomic E-state index is 0.286. The Balaban J connectivity index is 1.73. The average Bonchev–Trinajstić information content (AvgIpc) is 3.32. The maximum absolute atomic E-state index is 12.9. The second-order valence-electron chi connectivity index (χ2n) is 6.33. The van der Waals surface area contributed by atoms with Gasteiger partial charge >= 0.3 is 5.69 Å². The molecular weight excluding hydrogens is 342 g/mol. The van der Waals surface area contributed by atoms with Crippen LogP contribution in [0.15, 0.2) is 71.8 Å². The van der Waals surface area contributed by atoms with Gasteiger partial charge in [0.1, 0.15) is 6.10 Å². The Morgan fingerprint density at radius 2 is 1.81 bits per heavy atom. The molecule has 2 aromatic heterocycles. The van der Waals surface area contributed by atoms with Gasteiger partial charge < -0.3 is 5.11 Å². The molecule has 0 aliphatic rings. The van der Waals surface area contributed by atoms with Crippen molar-refractivity contribution in [2.24, 2.45) is 0 Å². The Bertz CT molecular complexity index is 1080. The Kier molecular flexibility index (Phi) is 4.43. The molecule has 0 amide bonds. The van der Waals surface area contributed by atoms with Gasteiger partial charge in [-0.15, -0.1) is 5.10 Å². The number of hydrogen-bond acceptors (Lipinski definition) is 4. The summed E-state index contributed by atoms with van der Waals surface area (Å²) in [7, 11) is 0. The van der Waals surface area contributed by atoms with Gasteiger partial charge in [0.15, 0.2) is 5.82 Å². The zero-order chi connectivity index (χ0) is 18.8. The number of aromatic amines is 1. The second-order valence-corrected chi connectivity index (χ2v) is 6.33. The van der Waals surface area contributed by atoms with E-state index in [2.05, 4.69) is 15.3 Å². The Hall–Kier alpha value is -3.45. The normalized spacial score (nSPS) is 12.2. The van der Waals surface area contributed by atoms with Crippen LogP contribution in [0.3, 0.4) is 0 Å². The first-order chi connectivity index (χ1) is 13.1. The van der Waals surface area contributed by atoms with E-state index in [9.17, 15) is 9.90 Å². The van der Waals surface area contributed by atoms with Crippen molar-refractivity contribution in [3.8, 4) is 16.8 Å². The first-order valence-corrected chi connectivity index (χ1v) is 8.65. The lowest BCUT2D eigenvalue weighted by atomic mass is 10.1. The average molecular weight is 361 g/mol. The summed E-state index contributed by atoms with van der Waals surface area (Å²) in [6, 6.07) is 17.1. The van der Waals surface area contributed by atoms with Gasteiger partial charge in [0.25, 0.3) is 0 Å². The van der Waals surface area contributed by atoms with E-state index in [4.69, 9.17) is 0 Å². The Labute approximate surface area is 155 Å². The first-order valence-electron chi connectivity index (χ1n) is 8.65. The number of H-pyrrole nitrogens is 1. The van der Waals surface area contributed by atoms with Crippen molar-refractivity contribution in [1.82, 2.24) is 24.5 Å². The van der Waals surface area contributed by atoms with Crippen LogP contribution in [0.25, 0.3) is 16.8 Å². The van der Waals surface area contributed by atoms with Crippen molar-refractivity contribution >= 4 is 0 Å². The number of aliphatic hydroxyl groups is 1. The third-order valence-corrected chi connectivity index (χ3v) is 4.39. The summed E-state index contributed by atoms with van der Waals surface area (Å²) in [6.45, 7) is 1.96. The van der Waals surface area contributed by atoms with Crippen molar-refractivity contribution in [2.45, 2.75) is 19.6 Å². The van der Waals surface area contributed by atoms with E-state index in [-0.39, 0.29) is 5.69 Å². The molecule has 2 aromatic carbocycles. The number of nitrogens with zero attached hydrogens (tertiary/aromatic N) is 4. The lowest BCUT2D eigenvalue weighted by Gasteiger charge is -2.07. The van der Waals surface area contributed by atoms with Crippen molar-refractivity contribution < 1.29 is 5.11 Å². The Morgan fingerprint density at radius 3 is 2.44 bits per heavy atom. The minimum atomic E-state index is -0.854. The molecule has 4 rings (SSSR count). The topological polar surface area (TPSA) is 88.7 Å². The van der Waals surface area contributed by atoms with Gasteiger partial charge in [-0.2, -0.15) is 9.78 Å². The largest absolute Gasteiger partial charge is 0.385 e. The highest BCUT2D eigenvalue weighted by atomic mass is 16.3. The fraction of sp³-hybridized carbons (Fsp3) is 0.150. The summed E-state index contributed by atoms with van der Waals surface area (Å²) < 4.78 is 2.83. The molecule has 27 heavy (non-hydrogen) atoms. The van der Waals surface area contributed by atoms with Crippen LogP contribution in [-0.4, -0.2) is 29.7 Å². The molecule has 0 aliphatic heterocycles. The van der Waals surface area contributed by atoms with E-state index in [1.807, 2.05) is 54.6 Å². The van der Waals surface area contributed by atoms with E-state index in [1.54, 1.807) is 19.3 Å². The monoisotopic (exact) mass is 361 g/mol. The van der Waals surface area contributed by atoms with Crippen molar-refractivity contribution in [2.75, 3.05) is 0 Å². The summed E-state index contributed by atoms with van der Waals surface area (Å²) in [4.78, 5) is 12.9. The van der Waals surface area contributed by atoms with Gasteiger partial charge in [-0.1, -0.05) is 42.5 Å². The van der Waals surface area contributed by atoms with Crippen molar-refractivity contribution in [3.63, 3.8) is 0 Å². The highest BCUT2D eigenvalue weighted by molar-refractivity contribution is 5.62. The van der Waals surface area contributed by atoms with Crippen LogP contribution in [-0.2, 0) is 6.54 Å². The van der Waals surface area contributed by atoms with Crippen LogP contribution in [0.5, 0.6) is 0 Å². The van der Waals surface area contributed by atoms with Crippen LogP contribution in [0.1, 0.15) is 24.4 Å². The third kappa shape index (κ3) is 3.32. The molecule has 1 unspecified atom stereocenters. The molecule has 7 nitrogen and oxygen atoms in total. The zero-order valence-corrected chi connectivity index (χ0v) is 14.8. The molecule has 0 aliphatic carbocycles. The summed E-state index contributed by atoms with van der Waals surface area (Å²) in [6.07, 6.45) is 2.69. The van der Waals surface area contributed by atoms with E-state index in [0.29, 0.717) is 18.1 Å². The predicted molar refractivity (Wildman–Crippen MR) is 102 cm³/mol. The van der Waals surface area contributed by atoms with Crippen LogP contribution in [0.2, 0.25) is 0 Å². The molecule has 2 heterocycles. The maximum Gasteiger partial charge on any atom is 0.351 e. The predicted octanol–water partition coefficient (Wildman–Crippen LogP) is 2.53. The highest BCUT2D eigenvalue weighted by Crippen LogP contribution is 2.19. The third-order valence-electron chi connectivity index (χ3n) is 4.39. The van der Waals surface area contributed by atoms with Gasteiger partial charge in [-0.25, -0.2) is 4.79 Å².